The van der Waals surface area contributed by atoms with Gasteiger partial charge in [0.1, 0.15) is 0 Å². The molecule has 0 radical (unpaired) electrons. The van der Waals surface area contributed by atoms with Crippen LogP contribution in [0, 0.1) is 0 Å². The van der Waals surface area contributed by atoms with E-state index in [1.807, 2.05) is 0 Å². The number of aliphatic imine (C=N–C) groups is 1. The predicted molar refractivity (Wildman–Crippen MR) is 44.1 cm³/mol. The monoisotopic (exact) mass is 171 g/mol. The molecule has 12 heavy (non-hydrogen) atoms. The second-order valence-electron chi connectivity index (χ2n) is 2.53. The summed E-state index contributed by atoms with van der Waals surface area (Å²) >= 11 is 0. The maximum atomic E-state index is 11.1. The molecule has 0 saturated carbocycles. The van der Waals surface area contributed by atoms with Crippen LogP contribution < -0.4 is 0 Å². The van der Waals surface area contributed by atoms with E-state index in [-0.39, 0.29) is 12.0 Å². The van der Waals surface area contributed by atoms with Crippen molar-refractivity contribution < 1.29 is 14.3 Å². The lowest BCUT2D eigenvalue weighted by Gasteiger charge is -2.03. The number of methoxy groups -OCH3 is 1. The summed E-state index contributed by atoms with van der Waals surface area (Å²) in [5.74, 6) is 0.401. The highest BCUT2D eigenvalue weighted by atomic mass is 16.5. The van der Waals surface area contributed by atoms with E-state index in [1.165, 1.54) is 0 Å². The van der Waals surface area contributed by atoms with Gasteiger partial charge in [-0.3, -0.25) is 0 Å². The Morgan fingerprint density at radius 3 is 3.00 bits per heavy atom. The van der Waals surface area contributed by atoms with Crippen molar-refractivity contribution in [2.45, 2.75) is 25.8 Å². The maximum absolute atomic E-state index is 11.1. The fourth-order valence-electron chi connectivity index (χ4n) is 1.13. The number of esters is 1. The number of hydrogen-bond acceptors (Lipinski definition) is 4. The molecule has 1 unspecified atom stereocenters. The topological polar surface area (TPSA) is 47.9 Å². The van der Waals surface area contributed by atoms with E-state index in [0.717, 1.165) is 6.42 Å². The Hall–Kier alpha value is -1.06. The Morgan fingerprint density at radius 1 is 1.75 bits per heavy atom. The fraction of sp³-hybridized carbons (Fsp3) is 0.750. The van der Waals surface area contributed by atoms with E-state index in [1.54, 1.807) is 14.0 Å². The van der Waals surface area contributed by atoms with Gasteiger partial charge in [0.2, 0.25) is 0 Å². The summed E-state index contributed by atoms with van der Waals surface area (Å²) in [6.45, 7) is 2.20. The largest absolute Gasteiger partial charge is 0.484 e. The van der Waals surface area contributed by atoms with Gasteiger partial charge in [-0.05, 0) is 13.3 Å². The standard InChI is InChI=1S/C8H13NO3/c1-3-12-8(10)6-4-5-7(9-6)11-2/h6H,3-5H2,1-2H3. The molecule has 0 amide bonds. The van der Waals surface area contributed by atoms with Crippen molar-refractivity contribution in [1.29, 1.82) is 0 Å². The first kappa shape index (κ1) is 9.03. The zero-order valence-electron chi connectivity index (χ0n) is 7.37. The lowest BCUT2D eigenvalue weighted by atomic mass is 10.2. The summed E-state index contributed by atoms with van der Waals surface area (Å²) in [5.41, 5.74) is 0. The molecule has 4 nitrogen and oxygen atoms in total. The molecule has 1 aliphatic heterocycles. The highest BCUT2D eigenvalue weighted by Gasteiger charge is 2.25. The van der Waals surface area contributed by atoms with E-state index in [4.69, 9.17) is 9.47 Å². The van der Waals surface area contributed by atoms with Gasteiger partial charge in [0, 0.05) is 6.42 Å². The summed E-state index contributed by atoms with van der Waals surface area (Å²) in [7, 11) is 1.56. The molecule has 1 atom stereocenters. The van der Waals surface area contributed by atoms with Crippen LogP contribution in [0.4, 0.5) is 0 Å². The average Bonchev–Trinajstić information content (AvgIpc) is 2.52. The molecule has 0 aromatic rings. The van der Waals surface area contributed by atoms with Crippen LogP contribution in [0.2, 0.25) is 0 Å². The number of ether oxygens (including phenoxy) is 2. The summed E-state index contributed by atoms with van der Waals surface area (Å²) in [6.07, 6.45) is 1.45. The van der Waals surface area contributed by atoms with Crippen LogP contribution >= 0.6 is 0 Å². The molecule has 0 spiro atoms. The van der Waals surface area contributed by atoms with Crippen LogP contribution in [0.15, 0.2) is 4.99 Å². The average molecular weight is 171 g/mol. The van der Waals surface area contributed by atoms with Gasteiger partial charge in [0.15, 0.2) is 11.9 Å². The normalized spacial score (nSPS) is 21.8. The Morgan fingerprint density at radius 2 is 2.50 bits per heavy atom. The number of rotatable bonds is 2. The summed E-state index contributed by atoms with van der Waals surface area (Å²) < 4.78 is 9.73. The molecule has 0 aromatic heterocycles. The van der Waals surface area contributed by atoms with Crippen molar-refractivity contribution in [2.75, 3.05) is 13.7 Å². The molecule has 1 aliphatic rings. The minimum absolute atomic E-state index is 0.246. The fourth-order valence-corrected chi connectivity index (χ4v) is 1.13. The van der Waals surface area contributed by atoms with Crippen molar-refractivity contribution in [3.05, 3.63) is 0 Å². The third-order valence-electron chi connectivity index (χ3n) is 1.73. The second-order valence-corrected chi connectivity index (χ2v) is 2.53. The molecule has 0 saturated heterocycles. The van der Waals surface area contributed by atoms with Gasteiger partial charge >= 0.3 is 5.97 Å². The van der Waals surface area contributed by atoms with Crippen LogP contribution in [0.5, 0.6) is 0 Å². The van der Waals surface area contributed by atoms with Crippen LogP contribution in [0.25, 0.3) is 0 Å². The quantitative estimate of drug-likeness (QED) is 0.576. The first-order valence-electron chi connectivity index (χ1n) is 4.05. The van der Waals surface area contributed by atoms with E-state index in [0.29, 0.717) is 18.9 Å². The minimum atomic E-state index is -0.333. The maximum Gasteiger partial charge on any atom is 0.330 e. The molecule has 68 valence electrons. The van der Waals surface area contributed by atoms with Crippen LogP contribution in [-0.4, -0.2) is 31.6 Å². The van der Waals surface area contributed by atoms with E-state index in [2.05, 4.69) is 4.99 Å². The number of carbonyl (C=O) groups excluding carboxylic acids is 1. The van der Waals surface area contributed by atoms with E-state index < -0.39 is 0 Å². The summed E-state index contributed by atoms with van der Waals surface area (Å²) in [5, 5.41) is 0. The molecule has 0 N–H and O–H groups in total. The highest BCUT2D eigenvalue weighted by molar-refractivity contribution is 5.86. The Labute approximate surface area is 71.6 Å². The zero-order valence-corrected chi connectivity index (χ0v) is 7.37. The number of carbonyl (C=O) groups is 1. The van der Waals surface area contributed by atoms with Crippen molar-refractivity contribution in [1.82, 2.24) is 0 Å². The van der Waals surface area contributed by atoms with Crippen molar-refractivity contribution >= 4 is 11.9 Å². The van der Waals surface area contributed by atoms with Crippen molar-refractivity contribution in [3.63, 3.8) is 0 Å². The van der Waals surface area contributed by atoms with Gasteiger partial charge < -0.3 is 9.47 Å². The van der Waals surface area contributed by atoms with E-state index in [9.17, 15) is 4.79 Å². The van der Waals surface area contributed by atoms with Crippen LogP contribution in [-0.2, 0) is 14.3 Å². The smallest absolute Gasteiger partial charge is 0.330 e. The van der Waals surface area contributed by atoms with Gasteiger partial charge in [-0.1, -0.05) is 0 Å². The first-order valence-corrected chi connectivity index (χ1v) is 4.05. The Kier molecular flexibility index (Phi) is 3.08. The summed E-state index contributed by atoms with van der Waals surface area (Å²) in [4.78, 5) is 15.2. The molecule has 0 aliphatic carbocycles. The molecule has 1 heterocycles. The van der Waals surface area contributed by atoms with Crippen LogP contribution in [0.1, 0.15) is 19.8 Å². The van der Waals surface area contributed by atoms with Crippen LogP contribution in [0.3, 0.4) is 0 Å². The predicted octanol–water partition coefficient (Wildman–Crippen LogP) is 0.757. The molecule has 0 aromatic carbocycles. The third kappa shape index (κ3) is 1.96. The van der Waals surface area contributed by atoms with Gasteiger partial charge in [-0.2, -0.15) is 0 Å². The van der Waals surface area contributed by atoms with Crippen molar-refractivity contribution in [2.24, 2.45) is 4.99 Å². The Bertz CT molecular complexity index is 200. The minimum Gasteiger partial charge on any atom is -0.484 e. The molecule has 0 fully saturated rings. The van der Waals surface area contributed by atoms with Gasteiger partial charge in [0.05, 0.1) is 13.7 Å². The van der Waals surface area contributed by atoms with Crippen molar-refractivity contribution in [3.8, 4) is 0 Å². The van der Waals surface area contributed by atoms with Gasteiger partial charge in [0.25, 0.3) is 0 Å². The molecule has 4 heteroatoms. The lowest BCUT2D eigenvalue weighted by molar-refractivity contribution is -0.144. The third-order valence-corrected chi connectivity index (χ3v) is 1.73. The molecular formula is C8H13NO3. The molecular weight excluding hydrogens is 158 g/mol. The zero-order chi connectivity index (χ0) is 8.97. The second kappa shape index (κ2) is 4.09. The Balaban J connectivity index is 2.45. The number of hydrogen-bond donors (Lipinski definition) is 0. The highest BCUT2D eigenvalue weighted by Crippen LogP contribution is 2.14. The summed E-state index contributed by atoms with van der Waals surface area (Å²) in [6, 6.07) is -0.333. The SMILES string of the molecule is CCOC(=O)C1CCC(OC)=N1. The first-order chi connectivity index (χ1) is 5.77. The lowest BCUT2D eigenvalue weighted by Crippen LogP contribution is -2.18. The van der Waals surface area contributed by atoms with Gasteiger partial charge in [-0.25, -0.2) is 9.79 Å². The van der Waals surface area contributed by atoms with Gasteiger partial charge in [-0.15, -0.1) is 0 Å². The van der Waals surface area contributed by atoms with E-state index >= 15 is 0 Å². The molecule has 1 rings (SSSR count). The molecule has 0 bridgehead atoms. The number of nitrogens with zero attached hydrogens (tertiary/aromatic N) is 1.